The van der Waals surface area contributed by atoms with Gasteiger partial charge in [-0.15, -0.1) is 0 Å². The first-order valence-electron chi connectivity index (χ1n) is 5.31. The van der Waals surface area contributed by atoms with Gasteiger partial charge >= 0.3 is 0 Å². The molecule has 0 saturated heterocycles. The van der Waals surface area contributed by atoms with Crippen molar-refractivity contribution in [3.8, 4) is 0 Å². The van der Waals surface area contributed by atoms with Crippen LogP contribution in [-0.2, 0) is 6.54 Å². The number of halogens is 2. The van der Waals surface area contributed by atoms with Crippen molar-refractivity contribution in [2.45, 2.75) is 40.2 Å². The van der Waals surface area contributed by atoms with Crippen molar-refractivity contribution in [2.75, 3.05) is 5.33 Å². The third-order valence-corrected chi connectivity index (χ3v) is 3.73. The van der Waals surface area contributed by atoms with Crippen molar-refractivity contribution in [1.82, 2.24) is 9.78 Å². The van der Waals surface area contributed by atoms with E-state index in [0.29, 0.717) is 0 Å². The molecule has 0 aliphatic carbocycles. The molecule has 0 radical (unpaired) electrons. The quantitative estimate of drug-likeness (QED) is 0.751. The Balaban J connectivity index is 2.54. The molecule has 15 heavy (non-hydrogen) atoms. The van der Waals surface area contributed by atoms with Crippen LogP contribution in [0.25, 0.3) is 0 Å². The first-order valence-corrected chi connectivity index (χ1v) is 6.81. The lowest BCUT2D eigenvalue weighted by Gasteiger charge is -2.10. The minimum absolute atomic E-state index is 0.729. The van der Waals surface area contributed by atoms with Gasteiger partial charge in [0.2, 0.25) is 0 Å². The van der Waals surface area contributed by atoms with Gasteiger partial charge in [0, 0.05) is 11.9 Å². The lowest BCUT2D eigenvalue weighted by molar-refractivity contribution is 0.446. The highest BCUT2D eigenvalue weighted by Crippen LogP contribution is 2.20. The molecule has 1 unspecified atom stereocenters. The van der Waals surface area contributed by atoms with Gasteiger partial charge in [-0.05, 0) is 32.6 Å². The van der Waals surface area contributed by atoms with E-state index in [1.807, 2.05) is 18.5 Å². The largest absolute Gasteiger partial charge is 0.268 e. The summed E-state index contributed by atoms with van der Waals surface area (Å²) in [5, 5.41) is 6.30. The summed E-state index contributed by atoms with van der Waals surface area (Å²) < 4.78 is 2.02. The fourth-order valence-corrected chi connectivity index (χ4v) is 2.48. The summed E-state index contributed by atoms with van der Waals surface area (Å²) in [4.78, 5) is 0. The van der Waals surface area contributed by atoms with Crippen LogP contribution in [0.15, 0.2) is 0 Å². The van der Waals surface area contributed by atoms with Gasteiger partial charge in [-0.3, -0.25) is 4.68 Å². The molecule has 1 aromatic rings. The van der Waals surface area contributed by atoms with Gasteiger partial charge in [-0.2, -0.15) is 5.10 Å². The van der Waals surface area contributed by atoms with Crippen LogP contribution in [0.1, 0.15) is 31.2 Å². The molecular weight excluding hydrogens is 275 g/mol. The third kappa shape index (κ3) is 3.49. The van der Waals surface area contributed by atoms with Gasteiger partial charge in [0.15, 0.2) is 0 Å². The van der Waals surface area contributed by atoms with E-state index in [4.69, 9.17) is 11.6 Å². The van der Waals surface area contributed by atoms with Gasteiger partial charge in [0.1, 0.15) is 0 Å². The second-order valence-corrected chi connectivity index (χ2v) is 5.25. The summed E-state index contributed by atoms with van der Waals surface area (Å²) in [6, 6.07) is 0. The molecule has 0 fully saturated rings. The molecule has 0 saturated carbocycles. The predicted molar refractivity (Wildman–Crippen MR) is 68.9 cm³/mol. The van der Waals surface area contributed by atoms with Crippen LogP contribution in [0.2, 0.25) is 5.02 Å². The monoisotopic (exact) mass is 292 g/mol. The second kappa shape index (κ2) is 5.90. The van der Waals surface area contributed by atoms with Crippen molar-refractivity contribution in [1.29, 1.82) is 0 Å². The average Bonchev–Trinajstić information content (AvgIpc) is 2.43. The van der Waals surface area contributed by atoms with Gasteiger partial charge in [-0.25, -0.2) is 0 Å². The molecule has 1 rings (SSSR count). The smallest absolute Gasteiger partial charge is 0.0844 e. The van der Waals surface area contributed by atoms with Crippen LogP contribution < -0.4 is 0 Å². The lowest BCUT2D eigenvalue weighted by atomic mass is 10.1. The van der Waals surface area contributed by atoms with Crippen LogP contribution >= 0.6 is 27.5 Å². The van der Waals surface area contributed by atoms with Crippen LogP contribution in [0.5, 0.6) is 0 Å². The van der Waals surface area contributed by atoms with Gasteiger partial charge in [0.25, 0.3) is 0 Å². The van der Waals surface area contributed by atoms with E-state index in [0.717, 1.165) is 40.6 Å². The molecule has 4 heteroatoms. The van der Waals surface area contributed by atoms with Crippen molar-refractivity contribution < 1.29 is 0 Å². The molecule has 1 aromatic heterocycles. The van der Waals surface area contributed by atoms with Gasteiger partial charge in [-0.1, -0.05) is 34.5 Å². The number of hydrogen-bond acceptors (Lipinski definition) is 1. The van der Waals surface area contributed by atoms with Crippen LogP contribution in [-0.4, -0.2) is 15.1 Å². The summed E-state index contributed by atoms with van der Waals surface area (Å²) in [6.45, 7) is 7.22. The highest BCUT2D eigenvalue weighted by atomic mass is 79.9. The normalized spacial score (nSPS) is 13.1. The van der Waals surface area contributed by atoms with Crippen molar-refractivity contribution in [3.05, 3.63) is 16.4 Å². The zero-order valence-electron chi connectivity index (χ0n) is 9.56. The standard InChI is InChI=1S/C11H18BrClN2/c1-8(4-6-12)5-7-15-10(3)11(13)9(2)14-15/h8H,4-7H2,1-3H3. The SMILES string of the molecule is Cc1nn(CCC(C)CCBr)c(C)c1Cl. The Kier molecular flexibility index (Phi) is 5.13. The summed E-state index contributed by atoms with van der Waals surface area (Å²) in [5.74, 6) is 0.729. The number of aryl methyl sites for hydroxylation is 2. The van der Waals surface area contributed by atoms with E-state index in [9.17, 15) is 0 Å². The van der Waals surface area contributed by atoms with Crippen molar-refractivity contribution >= 4 is 27.5 Å². The highest BCUT2D eigenvalue weighted by molar-refractivity contribution is 9.09. The molecule has 1 atom stereocenters. The Morgan fingerprint density at radius 3 is 2.53 bits per heavy atom. The minimum atomic E-state index is 0.729. The predicted octanol–water partition coefficient (Wildman–Crippen LogP) is 3.96. The Labute approximate surface area is 105 Å². The van der Waals surface area contributed by atoms with E-state index in [2.05, 4.69) is 28.0 Å². The maximum absolute atomic E-state index is 6.08. The number of alkyl halides is 1. The number of aromatic nitrogens is 2. The average molecular weight is 294 g/mol. The van der Waals surface area contributed by atoms with E-state index >= 15 is 0 Å². The molecule has 0 spiro atoms. The summed E-state index contributed by atoms with van der Waals surface area (Å²) >= 11 is 9.55. The summed E-state index contributed by atoms with van der Waals surface area (Å²) in [5.41, 5.74) is 2.02. The molecule has 0 N–H and O–H groups in total. The second-order valence-electron chi connectivity index (χ2n) is 4.08. The molecule has 86 valence electrons. The number of nitrogens with zero attached hydrogens (tertiary/aromatic N) is 2. The fraction of sp³-hybridized carbons (Fsp3) is 0.727. The zero-order chi connectivity index (χ0) is 11.4. The Morgan fingerprint density at radius 1 is 1.40 bits per heavy atom. The number of hydrogen-bond donors (Lipinski definition) is 0. The molecule has 1 heterocycles. The zero-order valence-corrected chi connectivity index (χ0v) is 11.9. The molecule has 0 bridgehead atoms. The maximum Gasteiger partial charge on any atom is 0.0844 e. The topological polar surface area (TPSA) is 17.8 Å². The molecule has 0 aromatic carbocycles. The summed E-state index contributed by atoms with van der Waals surface area (Å²) in [7, 11) is 0. The number of rotatable bonds is 5. The molecule has 2 nitrogen and oxygen atoms in total. The van der Waals surface area contributed by atoms with Crippen molar-refractivity contribution in [3.63, 3.8) is 0 Å². The van der Waals surface area contributed by atoms with E-state index in [-0.39, 0.29) is 0 Å². The first-order chi connectivity index (χ1) is 7.06. The lowest BCUT2D eigenvalue weighted by Crippen LogP contribution is -2.07. The first kappa shape index (κ1) is 13.0. The molecule has 0 amide bonds. The Morgan fingerprint density at radius 2 is 2.07 bits per heavy atom. The van der Waals surface area contributed by atoms with Crippen LogP contribution in [0, 0.1) is 19.8 Å². The van der Waals surface area contributed by atoms with Gasteiger partial charge in [0.05, 0.1) is 16.4 Å². The van der Waals surface area contributed by atoms with E-state index in [1.54, 1.807) is 0 Å². The fourth-order valence-electron chi connectivity index (χ4n) is 1.57. The van der Waals surface area contributed by atoms with Crippen LogP contribution in [0.4, 0.5) is 0 Å². The summed E-state index contributed by atoms with van der Waals surface area (Å²) in [6.07, 6.45) is 2.37. The van der Waals surface area contributed by atoms with Crippen LogP contribution in [0.3, 0.4) is 0 Å². The molecular formula is C11H18BrClN2. The third-order valence-electron chi connectivity index (χ3n) is 2.73. The van der Waals surface area contributed by atoms with Crippen molar-refractivity contribution in [2.24, 2.45) is 5.92 Å². The van der Waals surface area contributed by atoms with E-state index in [1.165, 1.54) is 6.42 Å². The molecule has 0 aliphatic rings. The Bertz CT molecular complexity index is 323. The highest BCUT2D eigenvalue weighted by Gasteiger charge is 2.09. The van der Waals surface area contributed by atoms with E-state index < -0.39 is 0 Å². The van der Waals surface area contributed by atoms with Gasteiger partial charge < -0.3 is 0 Å². The maximum atomic E-state index is 6.08. The minimum Gasteiger partial charge on any atom is -0.268 e. The Hall–Kier alpha value is -0.0200. The molecule has 0 aliphatic heterocycles.